The topological polar surface area (TPSA) is 119 Å². The van der Waals surface area contributed by atoms with Crippen molar-refractivity contribution in [2.24, 2.45) is 0 Å². The number of benzene rings is 1. The van der Waals surface area contributed by atoms with Gasteiger partial charge in [-0.05, 0) is 36.1 Å². The summed E-state index contributed by atoms with van der Waals surface area (Å²) < 4.78 is 26.3. The molecule has 116 valence electrons. The predicted octanol–water partition coefficient (Wildman–Crippen LogP) is 0.912. The van der Waals surface area contributed by atoms with Crippen LogP contribution < -0.4 is 9.03 Å². The second-order valence-electron chi connectivity index (χ2n) is 4.85. The van der Waals surface area contributed by atoms with Crippen LogP contribution in [0.2, 0.25) is 0 Å². The van der Waals surface area contributed by atoms with Gasteiger partial charge < -0.3 is 10.2 Å². The number of nitrogens with one attached hydrogen (secondary N) is 2. The molecule has 4 N–H and O–H groups in total. The molecular formula is C13H14N4O4S. The summed E-state index contributed by atoms with van der Waals surface area (Å²) >= 11 is 0. The lowest BCUT2D eigenvalue weighted by molar-refractivity contribution is 0.392. The van der Waals surface area contributed by atoms with Crippen LogP contribution in [0.5, 0.6) is 5.75 Å². The molecule has 0 saturated carbocycles. The number of aliphatic hydroxyl groups excluding tert-OH is 1. The summed E-state index contributed by atoms with van der Waals surface area (Å²) in [5.74, 6) is -0.676. The number of aromatic amines is 1. The van der Waals surface area contributed by atoms with Gasteiger partial charge in [-0.25, -0.2) is 9.03 Å². The van der Waals surface area contributed by atoms with Crippen LogP contribution in [0, 0.1) is 0 Å². The average Bonchev–Trinajstić information content (AvgIpc) is 3.04. The molecule has 0 unspecified atom stereocenters. The van der Waals surface area contributed by atoms with Crippen LogP contribution in [0.3, 0.4) is 0 Å². The Bertz CT molecular complexity index is 815. The van der Waals surface area contributed by atoms with Crippen molar-refractivity contribution in [1.82, 2.24) is 14.9 Å². The number of H-pyrrole nitrogens is 1. The van der Waals surface area contributed by atoms with E-state index in [0.717, 1.165) is 28.1 Å². The van der Waals surface area contributed by atoms with Crippen molar-refractivity contribution in [2.45, 2.75) is 12.8 Å². The van der Waals surface area contributed by atoms with Gasteiger partial charge in [-0.2, -0.15) is 13.5 Å². The Hall–Kier alpha value is -2.68. The Balaban J connectivity index is 1.81. The number of rotatable bonds is 4. The highest BCUT2D eigenvalue weighted by molar-refractivity contribution is 7.91. The molecule has 0 amide bonds. The lowest BCUT2D eigenvalue weighted by Gasteiger charge is -2.16. The number of phenolic OH excluding ortho intramolecular Hbond substituents is 1. The van der Waals surface area contributed by atoms with Gasteiger partial charge in [0.2, 0.25) is 5.88 Å². The summed E-state index contributed by atoms with van der Waals surface area (Å²) in [6, 6.07) is 4.73. The summed E-state index contributed by atoms with van der Waals surface area (Å²) in [6.07, 6.45) is 5.95. The van der Waals surface area contributed by atoms with E-state index in [1.165, 1.54) is 12.1 Å². The average molecular weight is 322 g/mol. The van der Waals surface area contributed by atoms with Crippen LogP contribution in [0.25, 0.3) is 0 Å². The quantitative estimate of drug-likeness (QED) is 0.667. The van der Waals surface area contributed by atoms with Crippen LogP contribution in [-0.2, 0) is 23.1 Å². The van der Waals surface area contributed by atoms with Gasteiger partial charge in [-0.15, -0.1) is 0 Å². The molecule has 0 bridgehead atoms. The van der Waals surface area contributed by atoms with E-state index in [-0.39, 0.29) is 11.4 Å². The molecule has 0 atom stereocenters. The lowest BCUT2D eigenvalue weighted by atomic mass is 10.1. The molecule has 1 aromatic carbocycles. The van der Waals surface area contributed by atoms with Gasteiger partial charge in [0, 0.05) is 6.20 Å². The van der Waals surface area contributed by atoms with Crippen molar-refractivity contribution >= 4 is 15.9 Å². The first-order valence-corrected chi connectivity index (χ1v) is 7.92. The Morgan fingerprint density at radius 1 is 1.18 bits per heavy atom. The van der Waals surface area contributed by atoms with E-state index in [1.54, 1.807) is 18.5 Å². The molecule has 9 heteroatoms. The number of aromatic nitrogens is 2. The maximum atomic E-state index is 11.8. The third-order valence-electron chi connectivity index (χ3n) is 3.27. The van der Waals surface area contributed by atoms with Crippen LogP contribution in [0.15, 0.2) is 42.7 Å². The monoisotopic (exact) mass is 322 g/mol. The maximum absolute atomic E-state index is 11.8. The number of phenols is 1. The highest BCUT2D eigenvalue weighted by Gasteiger charge is 2.30. The standard InChI is InChI=1S/C13H14N4O4S/c18-12-5-9(1-2-10-6-14-15-7-10)3-4-11(12)17-8-13(19)16-22(17,20)21/h3-8,16,18-19H,1-2H2,(H,14,15). The van der Waals surface area contributed by atoms with Gasteiger partial charge in [0.15, 0.2) is 0 Å². The minimum absolute atomic E-state index is 0.0728. The van der Waals surface area contributed by atoms with E-state index in [4.69, 9.17) is 0 Å². The fourth-order valence-corrected chi connectivity index (χ4v) is 3.27. The number of aryl methyl sites for hydroxylation is 2. The fourth-order valence-electron chi connectivity index (χ4n) is 2.20. The first-order valence-electron chi connectivity index (χ1n) is 6.48. The molecule has 1 aliphatic heterocycles. The Morgan fingerprint density at radius 2 is 1.95 bits per heavy atom. The molecule has 3 rings (SSSR count). The molecule has 2 aromatic rings. The predicted molar refractivity (Wildman–Crippen MR) is 79.3 cm³/mol. The Labute approximate surface area is 126 Å². The van der Waals surface area contributed by atoms with Crippen molar-refractivity contribution in [2.75, 3.05) is 4.31 Å². The van der Waals surface area contributed by atoms with Gasteiger partial charge in [-0.1, -0.05) is 6.07 Å². The normalized spacial score (nSPS) is 16.4. The van der Waals surface area contributed by atoms with Crippen LogP contribution in [0.1, 0.15) is 11.1 Å². The van der Waals surface area contributed by atoms with Crippen molar-refractivity contribution in [1.29, 1.82) is 0 Å². The molecule has 1 aromatic heterocycles. The third kappa shape index (κ3) is 2.70. The minimum atomic E-state index is -3.90. The summed E-state index contributed by atoms with van der Waals surface area (Å²) in [5, 5.41) is 25.9. The number of nitrogens with zero attached hydrogens (tertiary/aromatic N) is 2. The van der Waals surface area contributed by atoms with E-state index in [0.29, 0.717) is 6.42 Å². The molecule has 1 aliphatic rings. The zero-order valence-corrected chi connectivity index (χ0v) is 12.2. The first-order chi connectivity index (χ1) is 10.5. The van der Waals surface area contributed by atoms with E-state index in [2.05, 4.69) is 10.2 Å². The SMILES string of the molecule is O=S1(=O)NC(O)=CN1c1ccc(CCc2cn[nH]c2)cc1O. The van der Waals surface area contributed by atoms with Gasteiger partial charge in [-0.3, -0.25) is 5.10 Å². The zero-order chi connectivity index (χ0) is 15.7. The van der Waals surface area contributed by atoms with E-state index < -0.39 is 16.1 Å². The highest BCUT2D eigenvalue weighted by atomic mass is 32.2. The van der Waals surface area contributed by atoms with Crippen LogP contribution >= 0.6 is 0 Å². The molecule has 0 saturated heterocycles. The second kappa shape index (κ2) is 5.26. The molecule has 22 heavy (non-hydrogen) atoms. The van der Waals surface area contributed by atoms with Gasteiger partial charge in [0.05, 0.1) is 12.4 Å². The van der Waals surface area contributed by atoms with E-state index >= 15 is 0 Å². The summed E-state index contributed by atoms with van der Waals surface area (Å²) in [4.78, 5) is 0. The second-order valence-corrected chi connectivity index (χ2v) is 6.39. The highest BCUT2D eigenvalue weighted by Crippen LogP contribution is 2.32. The van der Waals surface area contributed by atoms with Crippen LogP contribution in [0.4, 0.5) is 5.69 Å². The smallest absolute Gasteiger partial charge is 0.330 e. The summed E-state index contributed by atoms with van der Waals surface area (Å²) in [6.45, 7) is 0. The van der Waals surface area contributed by atoms with E-state index in [1.807, 2.05) is 4.72 Å². The zero-order valence-electron chi connectivity index (χ0n) is 11.4. The first kappa shape index (κ1) is 14.3. The number of aromatic hydroxyl groups is 1. The molecule has 2 heterocycles. The van der Waals surface area contributed by atoms with Gasteiger partial charge in [0.1, 0.15) is 11.4 Å². The van der Waals surface area contributed by atoms with Crippen molar-refractivity contribution in [3.8, 4) is 5.75 Å². The van der Waals surface area contributed by atoms with Gasteiger partial charge >= 0.3 is 10.2 Å². The molecule has 8 nitrogen and oxygen atoms in total. The Morgan fingerprint density at radius 3 is 2.55 bits per heavy atom. The number of anilines is 1. The molecule has 0 spiro atoms. The minimum Gasteiger partial charge on any atom is -0.506 e. The summed E-state index contributed by atoms with van der Waals surface area (Å²) in [5.41, 5.74) is 1.98. The fraction of sp³-hybridized carbons (Fsp3) is 0.154. The van der Waals surface area contributed by atoms with Crippen LogP contribution in [-0.4, -0.2) is 28.8 Å². The molecule has 0 radical (unpaired) electrons. The Kier molecular flexibility index (Phi) is 3.41. The van der Waals surface area contributed by atoms with Crippen molar-refractivity contribution in [3.63, 3.8) is 0 Å². The lowest BCUT2D eigenvalue weighted by Crippen LogP contribution is -2.29. The molecule has 0 aliphatic carbocycles. The number of hydrogen-bond acceptors (Lipinski definition) is 5. The maximum Gasteiger partial charge on any atom is 0.330 e. The molecular weight excluding hydrogens is 308 g/mol. The van der Waals surface area contributed by atoms with Crippen molar-refractivity contribution < 1.29 is 18.6 Å². The van der Waals surface area contributed by atoms with E-state index in [9.17, 15) is 18.6 Å². The number of hydrogen-bond donors (Lipinski definition) is 4. The van der Waals surface area contributed by atoms with Gasteiger partial charge in [0.25, 0.3) is 0 Å². The van der Waals surface area contributed by atoms with Crippen molar-refractivity contribution in [3.05, 3.63) is 53.8 Å². The number of aliphatic hydroxyl groups is 1. The molecule has 0 fully saturated rings. The third-order valence-corrected chi connectivity index (χ3v) is 4.55. The largest absolute Gasteiger partial charge is 0.506 e. The summed E-state index contributed by atoms with van der Waals surface area (Å²) in [7, 11) is -3.90.